The van der Waals surface area contributed by atoms with Gasteiger partial charge in [0.2, 0.25) is 0 Å². The van der Waals surface area contributed by atoms with Crippen molar-refractivity contribution in [3.8, 4) is 0 Å². The molecule has 1 amide bonds. The van der Waals surface area contributed by atoms with E-state index in [1.54, 1.807) is 6.92 Å². The summed E-state index contributed by atoms with van der Waals surface area (Å²) in [5, 5.41) is 0. The molecule has 1 heterocycles. The Labute approximate surface area is 103 Å². The van der Waals surface area contributed by atoms with Crippen LogP contribution in [0.25, 0.3) is 0 Å². The number of benzene rings is 1. The predicted octanol–water partition coefficient (Wildman–Crippen LogP) is 1.39. The molecule has 1 aromatic rings. The summed E-state index contributed by atoms with van der Waals surface area (Å²) in [5.74, 6) is -1.12. The number of fused-ring (bicyclic) bond motifs is 1. The number of hydrogen-bond donors (Lipinski definition) is 1. The third-order valence-corrected chi connectivity index (χ3v) is 2.80. The zero-order valence-electron chi connectivity index (χ0n) is 9.68. The normalized spacial score (nSPS) is 19.7. The van der Waals surface area contributed by atoms with E-state index in [9.17, 15) is 14.0 Å². The molecule has 2 N–H and O–H groups in total. The summed E-state index contributed by atoms with van der Waals surface area (Å²) >= 11 is 0. The van der Waals surface area contributed by atoms with E-state index >= 15 is 0 Å². The fourth-order valence-corrected chi connectivity index (χ4v) is 1.90. The average Bonchev–Trinajstić information content (AvgIpc) is 2.29. The quantitative estimate of drug-likeness (QED) is 0.808. The minimum atomic E-state index is -0.927. The zero-order chi connectivity index (χ0) is 13.3. The van der Waals surface area contributed by atoms with Gasteiger partial charge in [0, 0.05) is 6.42 Å². The van der Waals surface area contributed by atoms with E-state index in [2.05, 4.69) is 0 Å². The molecule has 5 nitrogen and oxygen atoms in total. The van der Waals surface area contributed by atoms with Crippen LogP contribution in [0.2, 0.25) is 0 Å². The van der Waals surface area contributed by atoms with Crippen LogP contribution in [0, 0.1) is 5.82 Å². The van der Waals surface area contributed by atoms with Gasteiger partial charge in [0.25, 0.3) is 0 Å². The summed E-state index contributed by atoms with van der Waals surface area (Å²) in [5.41, 5.74) is 5.77. The van der Waals surface area contributed by atoms with E-state index in [1.165, 1.54) is 12.1 Å². The van der Waals surface area contributed by atoms with Crippen molar-refractivity contribution < 1.29 is 23.5 Å². The van der Waals surface area contributed by atoms with Gasteiger partial charge in [-0.3, -0.25) is 0 Å². The van der Waals surface area contributed by atoms with Crippen LogP contribution in [0.3, 0.4) is 0 Å². The molecule has 1 aliphatic heterocycles. The van der Waals surface area contributed by atoms with Gasteiger partial charge in [-0.2, -0.15) is 0 Å². The van der Waals surface area contributed by atoms with Crippen LogP contribution in [0.15, 0.2) is 18.2 Å². The molecule has 6 heteroatoms. The van der Waals surface area contributed by atoms with Gasteiger partial charge >= 0.3 is 12.1 Å². The third-order valence-electron chi connectivity index (χ3n) is 2.80. The van der Waals surface area contributed by atoms with E-state index in [0.717, 1.165) is 6.07 Å². The van der Waals surface area contributed by atoms with E-state index < -0.39 is 30.1 Å². The highest BCUT2D eigenvalue weighted by Gasteiger charge is 2.31. The van der Waals surface area contributed by atoms with E-state index in [0.29, 0.717) is 12.0 Å². The maximum atomic E-state index is 13.0. The Morgan fingerprint density at radius 3 is 3.00 bits per heavy atom. The lowest BCUT2D eigenvalue weighted by molar-refractivity contribution is -0.0217. The molecular weight excluding hydrogens is 241 g/mol. The van der Waals surface area contributed by atoms with Crippen LogP contribution in [-0.2, 0) is 15.9 Å². The van der Waals surface area contributed by atoms with E-state index in [1.807, 2.05) is 0 Å². The smallest absolute Gasteiger partial charge is 0.404 e. The second-order valence-corrected chi connectivity index (χ2v) is 4.09. The summed E-state index contributed by atoms with van der Waals surface area (Å²) in [6, 6.07) is 3.93. The highest BCUT2D eigenvalue weighted by molar-refractivity contribution is 5.92. The number of carbonyl (C=O) groups excluding carboxylic acids is 2. The minimum absolute atomic E-state index is 0.206. The summed E-state index contributed by atoms with van der Waals surface area (Å²) in [4.78, 5) is 22.3. The molecule has 96 valence electrons. The molecule has 1 unspecified atom stereocenters. The van der Waals surface area contributed by atoms with Crippen molar-refractivity contribution in [2.24, 2.45) is 5.73 Å². The number of esters is 1. The molecule has 0 saturated heterocycles. The summed E-state index contributed by atoms with van der Waals surface area (Å²) < 4.78 is 22.9. The van der Waals surface area contributed by atoms with Crippen molar-refractivity contribution in [1.82, 2.24) is 0 Å². The second-order valence-electron chi connectivity index (χ2n) is 4.09. The molecule has 0 aromatic heterocycles. The van der Waals surface area contributed by atoms with Crippen LogP contribution in [-0.4, -0.2) is 24.3 Å². The van der Waals surface area contributed by atoms with Crippen molar-refractivity contribution in [1.29, 1.82) is 0 Å². The van der Waals surface area contributed by atoms with Crippen LogP contribution < -0.4 is 5.73 Å². The maximum Gasteiger partial charge on any atom is 0.404 e. The Balaban J connectivity index is 2.20. The van der Waals surface area contributed by atoms with Gasteiger partial charge in [-0.1, -0.05) is 6.07 Å². The van der Waals surface area contributed by atoms with Gasteiger partial charge in [0.15, 0.2) is 0 Å². The molecule has 18 heavy (non-hydrogen) atoms. The average molecular weight is 253 g/mol. The molecule has 0 fully saturated rings. The molecule has 2 rings (SSSR count). The Kier molecular flexibility index (Phi) is 3.18. The van der Waals surface area contributed by atoms with E-state index in [4.69, 9.17) is 15.2 Å². The Morgan fingerprint density at radius 1 is 1.61 bits per heavy atom. The molecule has 0 saturated carbocycles. The molecule has 2 atom stereocenters. The van der Waals surface area contributed by atoms with Crippen LogP contribution in [0.5, 0.6) is 0 Å². The number of cyclic esters (lactones) is 1. The third kappa shape index (κ3) is 2.42. The first-order valence-electron chi connectivity index (χ1n) is 5.43. The fraction of sp³-hybridized carbons (Fsp3) is 0.333. The molecule has 0 bridgehead atoms. The number of halogens is 1. The minimum Gasteiger partial charge on any atom is -0.454 e. The first kappa shape index (κ1) is 12.3. The van der Waals surface area contributed by atoms with Gasteiger partial charge in [-0.05, 0) is 24.6 Å². The first-order chi connectivity index (χ1) is 8.47. The van der Waals surface area contributed by atoms with Crippen molar-refractivity contribution >= 4 is 12.1 Å². The Bertz CT molecular complexity index is 503. The monoisotopic (exact) mass is 253 g/mol. The lowest BCUT2D eigenvalue weighted by atomic mass is 9.96. The predicted molar refractivity (Wildman–Crippen MR) is 59.4 cm³/mol. The standard InChI is InChI=1S/C12H12FNO4/c1-6(17-12(14)16)10-4-7-2-3-8(13)5-9(7)11(15)18-10/h2-3,5-6,10H,4H2,1H3,(H2,14,16)/t6-,10?/m0/s1. The first-order valence-corrected chi connectivity index (χ1v) is 5.43. The van der Waals surface area contributed by atoms with Gasteiger partial charge in [-0.25, -0.2) is 14.0 Å². The molecular formula is C12H12FNO4. The van der Waals surface area contributed by atoms with Crippen LogP contribution in [0.1, 0.15) is 22.8 Å². The van der Waals surface area contributed by atoms with Crippen LogP contribution >= 0.6 is 0 Å². The lowest BCUT2D eigenvalue weighted by Crippen LogP contribution is -2.39. The second kappa shape index (κ2) is 4.64. The Morgan fingerprint density at radius 2 is 2.33 bits per heavy atom. The largest absolute Gasteiger partial charge is 0.454 e. The molecule has 0 aliphatic carbocycles. The van der Waals surface area contributed by atoms with Crippen molar-refractivity contribution in [2.75, 3.05) is 0 Å². The number of ether oxygens (including phenoxy) is 2. The van der Waals surface area contributed by atoms with Gasteiger partial charge in [0.05, 0.1) is 5.56 Å². The topological polar surface area (TPSA) is 78.6 Å². The lowest BCUT2D eigenvalue weighted by Gasteiger charge is -2.28. The molecule has 0 spiro atoms. The van der Waals surface area contributed by atoms with Crippen molar-refractivity contribution in [3.63, 3.8) is 0 Å². The zero-order valence-corrected chi connectivity index (χ0v) is 9.68. The highest BCUT2D eigenvalue weighted by atomic mass is 19.1. The van der Waals surface area contributed by atoms with E-state index in [-0.39, 0.29) is 5.56 Å². The highest BCUT2D eigenvalue weighted by Crippen LogP contribution is 2.24. The van der Waals surface area contributed by atoms with Gasteiger partial charge < -0.3 is 15.2 Å². The summed E-state index contributed by atoms with van der Waals surface area (Å²) in [6.07, 6.45) is -1.83. The number of rotatable bonds is 2. The molecule has 0 radical (unpaired) electrons. The Hall–Kier alpha value is -2.11. The number of primary amides is 1. The van der Waals surface area contributed by atoms with Gasteiger partial charge in [0.1, 0.15) is 18.0 Å². The summed E-state index contributed by atoms with van der Waals surface area (Å²) in [6.45, 7) is 1.58. The molecule has 1 aromatic carbocycles. The number of hydrogen-bond acceptors (Lipinski definition) is 4. The van der Waals surface area contributed by atoms with Crippen molar-refractivity contribution in [2.45, 2.75) is 25.6 Å². The number of carbonyl (C=O) groups is 2. The maximum absolute atomic E-state index is 13.0. The fourth-order valence-electron chi connectivity index (χ4n) is 1.90. The van der Waals surface area contributed by atoms with Crippen LogP contribution in [0.4, 0.5) is 9.18 Å². The van der Waals surface area contributed by atoms with Crippen molar-refractivity contribution in [3.05, 3.63) is 35.1 Å². The van der Waals surface area contributed by atoms with Gasteiger partial charge in [-0.15, -0.1) is 0 Å². The molecule has 1 aliphatic rings. The number of amides is 1. The summed E-state index contributed by atoms with van der Waals surface area (Å²) in [7, 11) is 0. The number of nitrogens with two attached hydrogens (primary N) is 1. The SMILES string of the molecule is C[C@H](OC(N)=O)C1Cc2ccc(F)cc2C(=O)O1.